The summed E-state index contributed by atoms with van der Waals surface area (Å²) in [6, 6.07) is 1.58. The van der Waals surface area contributed by atoms with Crippen molar-refractivity contribution in [3.05, 3.63) is 5.21 Å². The van der Waals surface area contributed by atoms with Crippen LogP contribution in [0.4, 0.5) is 0 Å². The first kappa shape index (κ1) is 11.4. The quantitative estimate of drug-likeness (QED) is 0.509. The second-order valence-electron chi connectivity index (χ2n) is 3.79. The Hall–Kier alpha value is -0.630. The van der Waals surface area contributed by atoms with E-state index in [1.807, 2.05) is 13.8 Å². The van der Waals surface area contributed by atoms with E-state index >= 15 is 0 Å². The van der Waals surface area contributed by atoms with Gasteiger partial charge in [0, 0.05) is 0 Å². The van der Waals surface area contributed by atoms with Gasteiger partial charge >= 0.3 is 0 Å². The van der Waals surface area contributed by atoms with Crippen molar-refractivity contribution in [1.29, 1.82) is 5.26 Å². The molecule has 0 amide bonds. The average molecular weight is 198 g/mol. The highest BCUT2D eigenvalue weighted by atomic mass is 16.6. The summed E-state index contributed by atoms with van der Waals surface area (Å²) in [5.41, 5.74) is 0. The van der Waals surface area contributed by atoms with Crippen molar-refractivity contribution in [3.63, 3.8) is 0 Å². The first-order valence-corrected chi connectivity index (χ1v) is 5.27. The van der Waals surface area contributed by atoms with Crippen molar-refractivity contribution in [2.24, 2.45) is 0 Å². The zero-order valence-corrected chi connectivity index (χ0v) is 8.90. The normalized spacial score (nSPS) is 37.9. The Bertz CT molecular complexity index is 223. The summed E-state index contributed by atoms with van der Waals surface area (Å²) in [4.78, 5) is 0. The Morgan fingerprint density at radius 3 is 2.79 bits per heavy atom. The molecule has 1 heterocycles. The lowest BCUT2D eigenvalue weighted by atomic mass is 10.1. The van der Waals surface area contributed by atoms with Crippen LogP contribution in [0.1, 0.15) is 26.7 Å². The summed E-state index contributed by atoms with van der Waals surface area (Å²) in [6.07, 6.45) is 1.38. The standard InChI is InChI=1S/C10H18N2O2/c1-3-5-12(13)6-7-14-10(4-2)9(12)8-11/h9-10H,3-7H2,1-2H3. The number of ether oxygens (including phenoxy) is 1. The van der Waals surface area contributed by atoms with E-state index in [2.05, 4.69) is 6.07 Å². The van der Waals surface area contributed by atoms with Crippen molar-refractivity contribution >= 4 is 0 Å². The molecule has 0 aromatic rings. The van der Waals surface area contributed by atoms with Gasteiger partial charge in [0.05, 0.1) is 13.2 Å². The van der Waals surface area contributed by atoms with E-state index in [9.17, 15) is 5.21 Å². The highest BCUT2D eigenvalue weighted by Gasteiger charge is 2.39. The number of hydrogen-bond donors (Lipinski definition) is 0. The molecule has 4 heteroatoms. The maximum absolute atomic E-state index is 12.3. The van der Waals surface area contributed by atoms with Crippen LogP contribution >= 0.6 is 0 Å². The van der Waals surface area contributed by atoms with Crippen molar-refractivity contribution < 1.29 is 9.38 Å². The maximum atomic E-state index is 12.3. The molecule has 0 radical (unpaired) electrons. The van der Waals surface area contributed by atoms with E-state index in [4.69, 9.17) is 10.00 Å². The van der Waals surface area contributed by atoms with Gasteiger partial charge in [-0.15, -0.1) is 0 Å². The van der Waals surface area contributed by atoms with Gasteiger partial charge in [0.25, 0.3) is 0 Å². The van der Waals surface area contributed by atoms with Crippen LogP contribution in [0.2, 0.25) is 0 Å². The minimum absolute atomic E-state index is 0.183. The molecule has 0 aromatic heterocycles. The van der Waals surface area contributed by atoms with E-state index in [0.29, 0.717) is 19.7 Å². The second-order valence-corrected chi connectivity index (χ2v) is 3.79. The van der Waals surface area contributed by atoms with E-state index in [-0.39, 0.29) is 10.8 Å². The lowest BCUT2D eigenvalue weighted by Gasteiger charge is -2.51. The minimum atomic E-state index is -0.534. The molecule has 1 rings (SSSR count). The molecule has 0 N–H and O–H groups in total. The number of quaternary nitrogens is 1. The van der Waals surface area contributed by atoms with Crippen molar-refractivity contribution in [2.45, 2.75) is 38.8 Å². The maximum Gasteiger partial charge on any atom is 0.202 e. The lowest BCUT2D eigenvalue weighted by Crippen LogP contribution is -2.61. The minimum Gasteiger partial charge on any atom is -0.632 e. The van der Waals surface area contributed by atoms with Crippen LogP contribution in [-0.4, -0.2) is 36.5 Å². The van der Waals surface area contributed by atoms with Gasteiger partial charge in [0.15, 0.2) is 0 Å². The summed E-state index contributed by atoms with van der Waals surface area (Å²) in [5, 5.41) is 21.3. The summed E-state index contributed by atoms with van der Waals surface area (Å²) < 4.78 is 5.05. The second kappa shape index (κ2) is 4.74. The zero-order chi connectivity index (χ0) is 10.6. The fraction of sp³-hybridized carbons (Fsp3) is 0.900. The number of morpholine rings is 1. The number of rotatable bonds is 3. The molecule has 0 saturated carbocycles. The smallest absolute Gasteiger partial charge is 0.202 e. The third kappa shape index (κ3) is 2.06. The third-order valence-corrected chi connectivity index (χ3v) is 2.80. The topological polar surface area (TPSA) is 56.1 Å². The molecular formula is C10H18N2O2. The predicted molar refractivity (Wildman–Crippen MR) is 53.1 cm³/mol. The van der Waals surface area contributed by atoms with E-state index in [0.717, 1.165) is 12.8 Å². The van der Waals surface area contributed by atoms with E-state index in [1.165, 1.54) is 0 Å². The molecule has 3 atom stereocenters. The Morgan fingerprint density at radius 1 is 1.57 bits per heavy atom. The largest absolute Gasteiger partial charge is 0.632 e. The molecule has 1 fully saturated rings. The summed E-state index contributed by atoms with van der Waals surface area (Å²) in [5.74, 6) is 0. The van der Waals surface area contributed by atoms with Crippen LogP contribution in [0.25, 0.3) is 0 Å². The molecule has 3 unspecified atom stereocenters. The molecule has 0 spiro atoms. The van der Waals surface area contributed by atoms with Crippen LogP contribution in [0, 0.1) is 16.5 Å². The van der Waals surface area contributed by atoms with Crippen LogP contribution in [-0.2, 0) is 4.74 Å². The SMILES string of the molecule is CCC[N+]1([O-])CCOC(CC)C1C#N. The Kier molecular flexibility index (Phi) is 3.87. The fourth-order valence-corrected chi connectivity index (χ4v) is 2.05. The van der Waals surface area contributed by atoms with Gasteiger partial charge in [-0.05, 0) is 12.8 Å². The summed E-state index contributed by atoms with van der Waals surface area (Å²) in [6.45, 7) is 5.36. The first-order chi connectivity index (χ1) is 6.68. The number of hydrogen-bond acceptors (Lipinski definition) is 3. The Labute approximate surface area is 85.2 Å². The molecule has 14 heavy (non-hydrogen) atoms. The summed E-state index contributed by atoms with van der Waals surface area (Å²) >= 11 is 0. The third-order valence-electron chi connectivity index (χ3n) is 2.80. The lowest BCUT2D eigenvalue weighted by molar-refractivity contribution is -0.909. The van der Waals surface area contributed by atoms with Crippen LogP contribution in [0.15, 0.2) is 0 Å². The van der Waals surface area contributed by atoms with Crippen molar-refractivity contribution in [3.8, 4) is 6.07 Å². The van der Waals surface area contributed by atoms with E-state index in [1.54, 1.807) is 0 Å². The Morgan fingerprint density at radius 2 is 2.29 bits per heavy atom. The van der Waals surface area contributed by atoms with Crippen molar-refractivity contribution in [1.82, 2.24) is 0 Å². The van der Waals surface area contributed by atoms with Gasteiger partial charge in [0.1, 0.15) is 18.7 Å². The van der Waals surface area contributed by atoms with Gasteiger partial charge in [-0.1, -0.05) is 13.8 Å². The van der Waals surface area contributed by atoms with Crippen LogP contribution < -0.4 is 0 Å². The molecule has 4 nitrogen and oxygen atoms in total. The number of nitrogens with zero attached hydrogens (tertiary/aromatic N) is 2. The van der Waals surface area contributed by atoms with Gasteiger partial charge < -0.3 is 14.6 Å². The molecule has 0 aromatic carbocycles. The molecule has 0 aliphatic carbocycles. The predicted octanol–water partition coefficient (Wildman–Crippen LogP) is 1.41. The van der Waals surface area contributed by atoms with Gasteiger partial charge in [-0.3, -0.25) is 0 Å². The summed E-state index contributed by atoms with van der Waals surface area (Å²) in [7, 11) is 0. The highest BCUT2D eigenvalue weighted by Crippen LogP contribution is 2.24. The first-order valence-electron chi connectivity index (χ1n) is 5.27. The average Bonchev–Trinajstić information content (AvgIpc) is 2.17. The van der Waals surface area contributed by atoms with Gasteiger partial charge in [-0.25, -0.2) is 0 Å². The number of hydroxylamine groups is 3. The van der Waals surface area contributed by atoms with Crippen LogP contribution in [0.3, 0.4) is 0 Å². The molecule has 0 bridgehead atoms. The van der Waals surface area contributed by atoms with Gasteiger partial charge in [0.2, 0.25) is 6.04 Å². The number of nitriles is 1. The monoisotopic (exact) mass is 198 g/mol. The molecule has 1 aliphatic heterocycles. The molecule has 1 aliphatic rings. The highest BCUT2D eigenvalue weighted by molar-refractivity contribution is 4.93. The zero-order valence-electron chi connectivity index (χ0n) is 8.90. The van der Waals surface area contributed by atoms with E-state index < -0.39 is 6.04 Å². The van der Waals surface area contributed by atoms with Crippen molar-refractivity contribution in [2.75, 3.05) is 19.7 Å². The molecule has 80 valence electrons. The van der Waals surface area contributed by atoms with Crippen LogP contribution in [0.5, 0.6) is 0 Å². The fourth-order valence-electron chi connectivity index (χ4n) is 2.05. The molecule has 1 saturated heterocycles. The van der Waals surface area contributed by atoms with Gasteiger partial charge in [-0.2, -0.15) is 5.26 Å². The Balaban J connectivity index is 2.78. The molecular weight excluding hydrogens is 180 g/mol.